The van der Waals surface area contributed by atoms with Gasteiger partial charge in [0.1, 0.15) is 5.15 Å². The molecule has 1 saturated heterocycles. The van der Waals surface area contributed by atoms with Crippen LogP contribution in [0.2, 0.25) is 5.15 Å². The lowest BCUT2D eigenvalue weighted by Gasteiger charge is -2.26. The second kappa shape index (κ2) is 13.2. The minimum absolute atomic E-state index is 0. The number of guanidine groups is 1. The van der Waals surface area contributed by atoms with Gasteiger partial charge in [0.15, 0.2) is 5.96 Å². The van der Waals surface area contributed by atoms with Gasteiger partial charge in [-0.3, -0.25) is 14.7 Å². The normalized spacial score (nSPS) is 17.1. The van der Waals surface area contributed by atoms with E-state index in [0.29, 0.717) is 5.15 Å². The first-order valence-electron chi connectivity index (χ1n) is 9.51. The minimum Gasteiger partial charge on any atom is -0.356 e. The fourth-order valence-corrected chi connectivity index (χ4v) is 3.37. The maximum Gasteiger partial charge on any atom is 0.239 e. The fraction of sp³-hybridized carbons (Fsp3) is 0.632. The first kappa shape index (κ1) is 24.9. The molecule has 7 nitrogen and oxygen atoms in total. The summed E-state index contributed by atoms with van der Waals surface area (Å²) in [6.07, 6.45) is 5.68. The maximum absolute atomic E-state index is 12.2. The smallest absolute Gasteiger partial charge is 0.239 e. The van der Waals surface area contributed by atoms with Crippen LogP contribution in [0.25, 0.3) is 0 Å². The summed E-state index contributed by atoms with van der Waals surface area (Å²) in [5, 5.41) is 7.15. The summed E-state index contributed by atoms with van der Waals surface area (Å²) in [4.78, 5) is 24.6. The SMILES string of the molecule is CN=C(NCCCN1CCCC1C(=O)N(C)C)NCCc1ccc(Cl)nc1.I. The van der Waals surface area contributed by atoms with Gasteiger partial charge in [0.25, 0.3) is 0 Å². The number of nitrogens with one attached hydrogen (secondary N) is 2. The lowest BCUT2D eigenvalue weighted by atomic mass is 10.2. The number of likely N-dealkylation sites (tertiary alicyclic amines) is 1. The van der Waals surface area contributed by atoms with Crippen LogP contribution in [0, 0.1) is 0 Å². The van der Waals surface area contributed by atoms with E-state index in [9.17, 15) is 4.79 Å². The Morgan fingerprint density at radius 2 is 2.11 bits per heavy atom. The molecule has 0 bridgehead atoms. The standard InChI is InChI=1S/C19H31ClN6O.HI/c1-21-19(23-11-9-15-7-8-17(20)24-14-15)22-10-5-13-26-12-4-6-16(26)18(27)25(2)3;/h7-8,14,16H,4-6,9-13H2,1-3H3,(H2,21,22,23);1H. The summed E-state index contributed by atoms with van der Waals surface area (Å²) in [5.41, 5.74) is 1.13. The number of nitrogens with zero attached hydrogens (tertiary/aromatic N) is 4. The summed E-state index contributed by atoms with van der Waals surface area (Å²) in [6, 6.07) is 3.83. The van der Waals surface area contributed by atoms with E-state index in [4.69, 9.17) is 11.6 Å². The Hall–Kier alpha value is -1.13. The number of amides is 1. The maximum atomic E-state index is 12.2. The summed E-state index contributed by atoms with van der Waals surface area (Å²) < 4.78 is 0. The Labute approximate surface area is 190 Å². The van der Waals surface area contributed by atoms with E-state index >= 15 is 0 Å². The highest BCUT2D eigenvalue weighted by Crippen LogP contribution is 2.18. The van der Waals surface area contributed by atoms with Gasteiger partial charge in [-0.1, -0.05) is 17.7 Å². The van der Waals surface area contributed by atoms with Gasteiger partial charge in [-0.05, 0) is 43.9 Å². The van der Waals surface area contributed by atoms with Crippen molar-refractivity contribution in [2.45, 2.75) is 31.7 Å². The molecule has 2 N–H and O–H groups in total. The number of likely N-dealkylation sites (N-methyl/N-ethyl adjacent to an activating group) is 1. The van der Waals surface area contributed by atoms with Gasteiger partial charge in [-0.2, -0.15) is 0 Å². The number of rotatable bonds is 8. The summed E-state index contributed by atoms with van der Waals surface area (Å²) in [6.45, 7) is 3.52. The molecule has 0 radical (unpaired) electrons. The molecule has 1 aliphatic heterocycles. The molecule has 2 heterocycles. The van der Waals surface area contributed by atoms with Gasteiger partial charge >= 0.3 is 0 Å². The van der Waals surface area contributed by atoms with E-state index in [1.54, 1.807) is 24.2 Å². The summed E-state index contributed by atoms with van der Waals surface area (Å²) >= 11 is 5.80. The van der Waals surface area contributed by atoms with Crippen LogP contribution in [0.4, 0.5) is 0 Å². The number of hydrogen-bond acceptors (Lipinski definition) is 4. The van der Waals surface area contributed by atoms with Crippen LogP contribution in [0.5, 0.6) is 0 Å². The van der Waals surface area contributed by atoms with E-state index in [1.807, 2.05) is 20.2 Å². The van der Waals surface area contributed by atoms with Gasteiger partial charge in [0.05, 0.1) is 6.04 Å². The number of pyridine rings is 1. The first-order chi connectivity index (χ1) is 13.0. The van der Waals surface area contributed by atoms with Crippen molar-refractivity contribution in [3.05, 3.63) is 29.0 Å². The Kier molecular flexibility index (Phi) is 11.7. The lowest BCUT2D eigenvalue weighted by molar-refractivity contribution is -0.133. The summed E-state index contributed by atoms with van der Waals surface area (Å²) in [5.74, 6) is 1.01. The number of carbonyl (C=O) groups excluding carboxylic acids is 1. The van der Waals surface area contributed by atoms with Crippen molar-refractivity contribution < 1.29 is 4.79 Å². The van der Waals surface area contributed by atoms with Crippen molar-refractivity contribution in [1.29, 1.82) is 0 Å². The van der Waals surface area contributed by atoms with Gasteiger partial charge in [0, 0.05) is 47.0 Å². The number of halogens is 2. The zero-order valence-electron chi connectivity index (χ0n) is 16.9. The number of carbonyl (C=O) groups is 1. The zero-order valence-corrected chi connectivity index (χ0v) is 20.0. The van der Waals surface area contributed by atoms with Crippen LogP contribution < -0.4 is 10.6 Å². The summed E-state index contributed by atoms with van der Waals surface area (Å²) in [7, 11) is 5.43. The largest absolute Gasteiger partial charge is 0.356 e. The van der Waals surface area contributed by atoms with E-state index in [-0.39, 0.29) is 35.9 Å². The van der Waals surface area contributed by atoms with Crippen molar-refractivity contribution in [1.82, 2.24) is 25.4 Å². The molecule has 1 aliphatic rings. The fourth-order valence-electron chi connectivity index (χ4n) is 3.26. The Bertz CT molecular complexity index is 625. The van der Waals surface area contributed by atoms with E-state index < -0.39 is 0 Å². The average molecular weight is 523 g/mol. The molecule has 1 aromatic heterocycles. The van der Waals surface area contributed by atoms with Crippen molar-refractivity contribution >= 4 is 47.4 Å². The van der Waals surface area contributed by atoms with Crippen LogP contribution >= 0.6 is 35.6 Å². The number of aliphatic imine (C=N–C) groups is 1. The predicted octanol–water partition coefficient (Wildman–Crippen LogP) is 2.00. The molecule has 9 heteroatoms. The Balaban J connectivity index is 0.00000392. The lowest BCUT2D eigenvalue weighted by Crippen LogP contribution is -2.44. The molecule has 28 heavy (non-hydrogen) atoms. The monoisotopic (exact) mass is 522 g/mol. The third-order valence-electron chi connectivity index (χ3n) is 4.72. The molecule has 0 aliphatic carbocycles. The molecule has 0 saturated carbocycles. The highest BCUT2D eigenvalue weighted by Gasteiger charge is 2.30. The average Bonchev–Trinajstić information content (AvgIpc) is 3.12. The predicted molar refractivity (Wildman–Crippen MR) is 126 cm³/mol. The molecule has 1 atom stereocenters. The van der Waals surface area contributed by atoms with E-state index in [0.717, 1.165) is 63.4 Å². The van der Waals surface area contributed by atoms with Gasteiger partial charge in [-0.25, -0.2) is 4.98 Å². The van der Waals surface area contributed by atoms with E-state index in [1.165, 1.54) is 0 Å². The second-order valence-electron chi connectivity index (χ2n) is 6.95. The molecule has 1 unspecified atom stereocenters. The Morgan fingerprint density at radius 1 is 1.36 bits per heavy atom. The highest BCUT2D eigenvalue weighted by molar-refractivity contribution is 14.0. The molecular formula is C19H32ClIN6O. The molecule has 1 amide bonds. The molecule has 2 rings (SSSR count). The Morgan fingerprint density at radius 3 is 2.75 bits per heavy atom. The highest BCUT2D eigenvalue weighted by atomic mass is 127. The van der Waals surface area contributed by atoms with Gasteiger partial charge < -0.3 is 15.5 Å². The molecule has 0 aromatic carbocycles. The van der Waals surface area contributed by atoms with Crippen molar-refractivity contribution in [3.8, 4) is 0 Å². The van der Waals surface area contributed by atoms with Crippen molar-refractivity contribution in [2.75, 3.05) is 47.3 Å². The zero-order chi connectivity index (χ0) is 19.6. The third kappa shape index (κ3) is 8.08. The molecule has 158 valence electrons. The molecule has 1 fully saturated rings. The van der Waals surface area contributed by atoms with Crippen LogP contribution in [-0.2, 0) is 11.2 Å². The van der Waals surface area contributed by atoms with E-state index in [2.05, 4.69) is 25.5 Å². The third-order valence-corrected chi connectivity index (χ3v) is 4.95. The van der Waals surface area contributed by atoms with Crippen molar-refractivity contribution in [3.63, 3.8) is 0 Å². The molecule has 1 aromatic rings. The van der Waals surface area contributed by atoms with Crippen LogP contribution in [0.1, 0.15) is 24.8 Å². The number of aromatic nitrogens is 1. The quantitative estimate of drug-likeness (QED) is 0.180. The van der Waals surface area contributed by atoms with Crippen LogP contribution in [0.3, 0.4) is 0 Å². The van der Waals surface area contributed by atoms with Crippen molar-refractivity contribution in [2.24, 2.45) is 4.99 Å². The minimum atomic E-state index is 0. The van der Waals surface area contributed by atoms with Gasteiger partial charge in [0.2, 0.25) is 5.91 Å². The molecule has 0 spiro atoms. The van der Waals surface area contributed by atoms with Crippen LogP contribution in [-0.4, -0.2) is 80.0 Å². The number of hydrogen-bond donors (Lipinski definition) is 2. The first-order valence-corrected chi connectivity index (χ1v) is 9.89. The topological polar surface area (TPSA) is 72.9 Å². The molecular weight excluding hydrogens is 491 g/mol. The second-order valence-corrected chi connectivity index (χ2v) is 7.33. The van der Waals surface area contributed by atoms with Crippen LogP contribution in [0.15, 0.2) is 23.3 Å². The van der Waals surface area contributed by atoms with Gasteiger partial charge in [-0.15, -0.1) is 24.0 Å².